The Kier molecular flexibility index (Phi) is 3.85. The van der Waals surface area contributed by atoms with Crippen LogP contribution in [0.25, 0.3) is 0 Å². The van der Waals surface area contributed by atoms with Gasteiger partial charge in [-0.05, 0) is 36.8 Å². The lowest BCUT2D eigenvalue weighted by molar-refractivity contribution is -0.131. The number of amides is 1. The first-order valence-corrected chi connectivity index (χ1v) is 8.08. The predicted octanol–water partition coefficient (Wildman–Crippen LogP) is 2.75. The third kappa shape index (κ3) is 2.45. The maximum absolute atomic E-state index is 13.3. The molecule has 122 valence electrons. The summed E-state index contributed by atoms with van der Waals surface area (Å²) in [6.45, 7) is 1.83. The SMILES string of the molecule is CN1C(=N)N[C@](C)(c2ccc(C#N)s2)[C@H](c2ccc(F)cc2)C1=O. The molecule has 1 aromatic heterocycles. The molecule has 1 aliphatic heterocycles. The Morgan fingerprint density at radius 1 is 1.33 bits per heavy atom. The van der Waals surface area contributed by atoms with Crippen molar-refractivity contribution in [1.29, 1.82) is 10.7 Å². The van der Waals surface area contributed by atoms with Crippen LogP contribution in [-0.2, 0) is 10.3 Å². The van der Waals surface area contributed by atoms with Crippen LogP contribution in [0.3, 0.4) is 0 Å². The minimum absolute atomic E-state index is 0.00670. The van der Waals surface area contributed by atoms with Crippen molar-refractivity contribution < 1.29 is 9.18 Å². The molecule has 24 heavy (non-hydrogen) atoms. The second-order valence-corrected chi connectivity index (χ2v) is 6.92. The highest BCUT2D eigenvalue weighted by Crippen LogP contribution is 2.43. The summed E-state index contributed by atoms with van der Waals surface area (Å²) in [5.41, 5.74) is -0.235. The average Bonchev–Trinajstić information content (AvgIpc) is 3.04. The van der Waals surface area contributed by atoms with Gasteiger partial charge in [0.1, 0.15) is 16.8 Å². The van der Waals surface area contributed by atoms with E-state index >= 15 is 0 Å². The lowest BCUT2D eigenvalue weighted by atomic mass is 9.77. The van der Waals surface area contributed by atoms with E-state index in [1.807, 2.05) is 6.92 Å². The molecule has 2 aromatic rings. The molecule has 0 radical (unpaired) electrons. The Bertz CT molecular complexity index is 854. The van der Waals surface area contributed by atoms with E-state index in [0.29, 0.717) is 10.4 Å². The molecule has 2 N–H and O–H groups in total. The number of guanidine groups is 1. The number of benzene rings is 1. The zero-order chi connectivity index (χ0) is 17.5. The Hall–Kier alpha value is -2.72. The van der Waals surface area contributed by atoms with Crippen LogP contribution in [0.5, 0.6) is 0 Å². The largest absolute Gasteiger partial charge is 0.345 e. The number of carbonyl (C=O) groups excluding carboxylic acids is 1. The van der Waals surface area contributed by atoms with Gasteiger partial charge in [0.25, 0.3) is 0 Å². The summed E-state index contributed by atoms with van der Waals surface area (Å²) in [6.07, 6.45) is 0. The number of thiophene rings is 1. The van der Waals surface area contributed by atoms with Crippen LogP contribution >= 0.6 is 11.3 Å². The number of likely N-dealkylation sites (N-methyl/N-ethyl adjacent to an activating group) is 1. The number of nitrogens with zero attached hydrogens (tertiary/aromatic N) is 2. The van der Waals surface area contributed by atoms with Crippen LogP contribution in [-0.4, -0.2) is 23.8 Å². The molecule has 2 atom stereocenters. The number of halogens is 1. The molecular weight excluding hydrogens is 327 g/mol. The van der Waals surface area contributed by atoms with Gasteiger partial charge in [0, 0.05) is 11.9 Å². The van der Waals surface area contributed by atoms with Gasteiger partial charge in [0.05, 0.1) is 11.5 Å². The third-order valence-corrected chi connectivity index (χ3v) is 5.53. The van der Waals surface area contributed by atoms with Gasteiger partial charge in [-0.3, -0.25) is 15.1 Å². The molecule has 0 saturated carbocycles. The second kappa shape index (κ2) is 5.73. The fourth-order valence-corrected chi connectivity index (χ4v) is 3.90. The zero-order valence-corrected chi connectivity index (χ0v) is 13.9. The van der Waals surface area contributed by atoms with Gasteiger partial charge >= 0.3 is 0 Å². The maximum atomic E-state index is 13.3. The average molecular weight is 342 g/mol. The quantitative estimate of drug-likeness (QED) is 0.881. The normalized spacial score (nSPS) is 23.8. The molecule has 2 heterocycles. The van der Waals surface area contributed by atoms with Gasteiger partial charge in [-0.1, -0.05) is 12.1 Å². The van der Waals surface area contributed by atoms with Crippen LogP contribution in [0.2, 0.25) is 0 Å². The summed E-state index contributed by atoms with van der Waals surface area (Å²) >= 11 is 1.28. The molecule has 0 spiro atoms. The molecule has 0 bridgehead atoms. The van der Waals surface area contributed by atoms with E-state index < -0.39 is 11.5 Å². The summed E-state index contributed by atoms with van der Waals surface area (Å²) in [5.74, 6) is -1.27. The molecule has 1 aromatic carbocycles. The van der Waals surface area contributed by atoms with Gasteiger partial charge in [0.15, 0.2) is 5.96 Å². The van der Waals surface area contributed by atoms with Gasteiger partial charge in [-0.2, -0.15) is 5.26 Å². The Labute approximate surface area is 142 Å². The third-order valence-electron chi connectivity index (χ3n) is 4.30. The van der Waals surface area contributed by atoms with Crippen molar-refractivity contribution in [3.8, 4) is 6.07 Å². The molecule has 1 aliphatic rings. The smallest absolute Gasteiger partial charge is 0.239 e. The fourth-order valence-electron chi connectivity index (χ4n) is 2.96. The molecule has 0 unspecified atom stereocenters. The molecule has 1 amide bonds. The zero-order valence-electron chi connectivity index (χ0n) is 13.1. The minimum Gasteiger partial charge on any atom is -0.345 e. The summed E-state index contributed by atoms with van der Waals surface area (Å²) in [5, 5.41) is 20.2. The Balaban J connectivity index is 2.15. The van der Waals surface area contributed by atoms with E-state index in [1.165, 1.54) is 35.4 Å². The van der Waals surface area contributed by atoms with E-state index in [2.05, 4.69) is 11.4 Å². The van der Waals surface area contributed by atoms with Crippen molar-refractivity contribution in [3.63, 3.8) is 0 Å². The van der Waals surface area contributed by atoms with Crippen molar-refractivity contribution in [3.05, 3.63) is 57.5 Å². The number of nitrogens with one attached hydrogen (secondary N) is 2. The number of nitriles is 1. The fraction of sp³-hybridized carbons (Fsp3) is 0.235. The summed E-state index contributed by atoms with van der Waals surface area (Å²) < 4.78 is 13.3. The molecule has 5 nitrogen and oxygen atoms in total. The van der Waals surface area contributed by atoms with E-state index in [-0.39, 0.29) is 17.7 Å². The van der Waals surface area contributed by atoms with Crippen LogP contribution in [0.1, 0.15) is 28.2 Å². The van der Waals surface area contributed by atoms with Gasteiger partial charge in [-0.15, -0.1) is 11.3 Å². The first-order valence-electron chi connectivity index (χ1n) is 7.27. The van der Waals surface area contributed by atoms with Crippen molar-refractivity contribution in [2.45, 2.75) is 18.4 Å². The van der Waals surface area contributed by atoms with Crippen molar-refractivity contribution >= 4 is 23.2 Å². The Morgan fingerprint density at radius 2 is 2.00 bits per heavy atom. The predicted molar refractivity (Wildman–Crippen MR) is 89.2 cm³/mol. The van der Waals surface area contributed by atoms with Gasteiger partial charge < -0.3 is 5.32 Å². The molecular formula is C17H15FN4OS. The lowest BCUT2D eigenvalue weighted by Crippen LogP contribution is -2.62. The van der Waals surface area contributed by atoms with Gasteiger partial charge in [-0.25, -0.2) is 4.39 Å². The number of carbonyl (C=O) groups is 1. The topological polar surface area (TPSA) is 80.0 Å². The van der Waals surface area contributed by atoms with E-state index in [9.17, 15) is 9.18 Å². The standard InChI is InChI=1S/C17H15FN4OS/c1-17(13-8-7-12(9-19)24-13)14(10-3-5-11(18)6-4-10)15(23)22(2)16(20)21-17/h3-8,14H,1-2H3,(H2,20,21)/t14-,17-/m1/s1. The lowest BCUT2D eigenvalue weighted by Gasteiger charge is -2.45. The highest BCUT2D eigenvalue weighted by atomic mass is 32.1. The summed E-state index contributed by atoms with van der Waals surface area (Å²) in [6, 6.07) is 11.4. The van der Waals surface area contributed by atoms with Crippen molar-refractivity contribution in [2.24, 2.45) is 0 Å². The number of rotatable bonds is 2. The minimum atomic E-state index is -0.891. The van der Waals surface area contributed by atoms with Crippen LogP contribution < -0.4 is 5.32 Å². The summed E-state index contributed by atoms with van der Waals surface area (Å²) in [7, 11) is 1.53. The van der Waals surface area contributed by atoms with Gasteiger partial charge in [0.2, 0.25) is 5.91 Å². The van der Waals surface area contributed by atoms with Crippen molar-refractivity contribution in [1.82, 2.24) is 10.2 Å². The molecule has 1 saturated heterocycles. The van der Waals surface area contributed by atoms with Crippen LogP contribution in [0.15, 0.2) is 36.4 Å². The van der Waals surface area contributed by atoms with Crippen molar-refractivity contribution in [2.75, 3.05) is 7.05 Å². The first-order chi connectivity index (χ1) is 11.4. The van der Waals surface area contributed by atoms with E-state index in [0.717, 1.165) is 4.88 Å². The molecule has 0 aliphatic carbocycles. The molecule has 7 heteroatoms. The summed E-state index contributed by atoms with van der Waals surface area (Å²) in [4.78, 5) is 15.4. The maximum Gasteiger partial charge on any atom is 0.239 e. The second-order valence-electron chi connectivity index (χ2n) is 5.83. The monoisotopic (exact) mass is 342 g/mol. The number of hydrogen-bond donors (Lipinski definition) is 2. The van der Waals surface area contributed by atoms with E-state index in [4.69, 9.17) is 10.7 Å². The molecule has 1 fully saturated rings. The Morgan fingerprint density at radius 3 is 2.58 bits per heavy atom. The van der Waals surface area contributed by atoms with E-state index in [1.54, 1.807) is 24.3 Å². The van der Waals surface area contributed by atoms with Crippen LogP contribution in [0.4, 0.5) is 4.39 Å². The number of hydrogen-bond acceptors (Lipinski definition) is 4. The van der Waals surface area contributed by atoms with Crippen LogP contribution in [0, 0.1) is 22.6 Å². The highest BCUT2D eigenvalue weighted by molar-refractivity contribution is 7.12. The first kappa shape index (κ1) is 16.1. The molecule has 3 rings (SSSR count). The highest BCUT2D eigenvalue weighted by Gasteiger charge is 2.49.